The van der Waals surface area contributed by atoms with Crippen LogP contribution in [0.5, 0.6) is 0 Å². The highest BCUT2D eigenvalue weighted by Gasteiger charge is 2.85. The third kappa shape index (κ3) is 6.49. The second kappa shape index (κ2) is 10.3. The van der Waals surface area contributed by atoms with Gasteiger partial charge in [-0.25, -0.2) is 4.79 Å². The number of halogens is 17. The molecule has 4 nitrogen and oxygen atoms in total. The predicted octanol–water partition coefficient (Wildman–Crippen LogP) is 7.25. The molecule has 1 rings (SSSR count). The third-order valence-corrected chi connectivity index (χ3v) is 4.21. The van der Waals surface area contributed by atoms with Gasteiger partial charge in [-0.05, 0) is 11.1 Å². The number of benzene rings is 1. The molecular formula is C18H9F17O4. The van der Waals surface area contributed by atoms with Crippen LogP contribution < -0.4 is 0 Å². The summed E-state index contributed by atoms with van der Waals surface area (Å²) in [6, 6.07) is 4.17. The molecule has 0 aliphatic rings. The van der Waals surface area contributed by atoms with Gasteiger partial charge in [0.2, 0.25) is 0 Å². The van der Waals surface area contributed by atoms with Crippen LogP contribution in [0.2, 0.25) is 0 Å². The number of carbonyl (C=O) groups excluding carboxylic acids is 1. The van der Waals surface area contributed by atoms with Gasteiger partial charge < -0.3 is 4.74 Å². The lowest BCUT2D eigenvalue weighted by Crippen LogP contribution is -2.68. The highest BCUT2D eigenvalue weighted by molar-refractivity contribution is 5.79. The second-order valence-corrected chi connectivity index (χ2v) is 7.02. The van der Waals surface area contributed by atoms with E-state index in [0.717, 1.165) is 24.3 Å². The first-order valence-electron chi connectivity index (χ1n) is 9.10. The maximum atomic E-state index is 14.4. The monoisotopic (exact) mass is 612 g/mol. The van der Waals surface area contributed by atoms with E-state index in [1.54, 1.807) is 0 Å². The van der Waals surface area contributed by atoms with E-state index >= 15 is 0 Å². The van der Waals surface area contributed by atoms with Crippen LogP contribution in [0.15, 0.2) is 30.8 Å². The van der Waals surface area contributed by atoms with Gasteiger partial charge in [-0.1, -0.05) is 36.9 Å². The summed E-state index contributed by atoms with van der Waals surface area (Å²) in [6.07, 6.45) is -37.5. The van der Waals surface area contributed by atoms with Crippen molar-refractivity contribution >= 4 is 12.0 Å². The minimum Gasteiger partial charge on any atom is -0.456 e. The summed E-state index contributed by atoms with van der Waals surface area (Å²) < 4.78 is 229. The fourth-order valence-electron chi connectivity index (χ4n) is 2.14. The Morgan fingerprint density at radius 1 is 0.667 bits per heavy atom. The van der Waals surface area contributed by atoms with Crippen LogP contribution in [0.25, 0.3) is 6.08 Å². The molecule has 0 radical (unpaired) electrons. The number of hydrogen-bond acceptors (Lipinski definition) is 4. The Balaban J connectivity index is 3.50. The van der Waals surface area contributed by atoms with Crippen molar-refractivity contribution < 1.29 is 93.6 Å². The topological polar surface area (TPSA) is 44.8 Å². The maximum Gasteiger partial charge on any atom is 0.462 e. The largest absolute Gasteiger partial charge is 0.462 e. The molecule has 0 amide bonds. The Morgan fingerprint density at radius 3 is 1.49 bits per heavy atom. The van der Waals surface area contributed by atoms with Crippen LogP contribution in [-0.2, 0) is 25.6 Å². The van der Waals surface area contributed by atoms with Gasteiger partial charge in [-0.3, -0.25) is 9.47 Å². The summed E-state index contributed by atoms with van der Waals surface area (Å²) in [7, 11) is 0. The van der Waals surface area contributed by atoms with Gasteiger partial charge in [0.1, 0.15) is 6.61 Å². The van der Waals surface area contributed by atoms with Crippen molar-refractivity contribution in [3.8, 4) is 0 Å². The first kappa shape index (κ1) is 34.2. The van der Waals surface area contributed by atoms with Crippen molar-refractivity contribution in [1.29, 1.82) is 0 Å². The summed E-state index contributed by atoms with van der Waals surface area (Å²) in [5.41, 5.74) is -0.0137. The predicted molar refractivity (Wildman–Crippen MR) is 89.2 cm³/mol. The van der Waals surface area contributed by atoms with Crippen LogP contribution in [-0.4, -0.2) is 54.3 Å². The molecule has 0 saturated heterocycles. The van der Waals surface area contributed by atoms with Gasteiger partial charge in [0.25, 0.3) is 0 Å². The normalized spacial score (nSPS) is 17.3. The zero-order chi connectivity index (χ0) is 31.1. The average Bonchev–Trinajstić information content (AvgIpc) is 2.74. The first-order chi connectivity index (χ1) is 17.1. The molecule has 0 heterocycles. The van der Waals surface area contributed by atoms with Crippen LogP contribution in [0, 0.1) is 0 Å². The smallest absolute Gasteiger partial charge is 0.456 e. The van der Waals surface area contributed by atoms with Gasteiger partial charge in [0.05, 0.1) is 0 Å². The highest BCUT2D eigenvalue weighted by Crippen LogP contribution is 2.56. The van der Waals surface area contributed by atoms with Crippen LogP contribution >= 0.6 is 0 Å². The Labute approximate surface area is 203 Å². The molecule has 0 aromatic heterocycles. The molecule has 39 heavy (non-hydrogen) atoms. The summed E-state index contributed by atoms with van der Waals surface area (Å²) in [5.74, 6) is -26.6. The fourth-order valence-corrected chi connectivity index (χ4v) is 2.14. The Kier molecular flexibility index (Phi) is 9.02. The molecule has 0 saturated carbocycles. The molecule has 0 N–H and O–H groups in total. The lowest BCUT2D eigenvalue weighted by atomic mass is 10.1. The summed E-state index contributed by atoms with van der Waals surface area (Å²) in [5, 5.41) is 0. The molecule has 224 valence electrons. The van der Waals surface area contributed by atoms with E-state index in [-0.39, 0.29) is 5.56 Å². The molecule has 2 unspecified atom stereocenters. The second-order valence-electron chi connectivity index (χ2n) is 7.02. The molecule has 0 fully saturated rings. The summed E-state index contributed by atoms with van der Waals surface area (Å²) in [6.45, 7) is 1.83. The highest BCUT2D eigenvalue weighted by atomic mass is 19.4. The van der Waals surface area contributed by atoms with E-state index in [4.69, 9.17) is 0 Å². The van der Waals surface area contributed by atoms with E-state index < -0.39 is 61.0 Å². The van der Waals surface area contributed by atoms with Gasteiger partial charge in [-0.15, -0.1) is 0 Å². The standard InChI is InChI=1S/C18H9F17O4/c1-2-8-3-5-9(6-4-8)7-37-10(36)11(19,14(23,24)25)38-18(34,35)13(22,16(29,30)31)39-17(32,33)12(20,21)15(26,27)28/h2-6H,1,7H2. The van der Waals surface area contributed by atoms with E-state index in [9.17, 15) is 79.4 Å². The van der Waals surface area contributed by atoms with Crippen molar-refractivity contribution in [3.63, 3.8) is 0 Å². The molecule has 0 aliphatic carbocycles. The number of carbonyl (C=O) groups is 1. The summed E-state index contributed by atoms with van der Waals surface area (Å²) >= 11 is 0. The van der Waals surface area contributed by atoms with Crippen LogP contribution in [0.3, 0.4) is 0 Å². The molecule has 1 aromatic rings. The molecule has 1 aromatic carbocycles. The zero-order valence-corrected chi connectivity index (χ0v) is 17.9. The molecule has 0 spiro atoms. The van der Waals surface area contributed by atoms with Crippen LogP contribution in [0.1, 0.15) is 11.1 Å². The first-order valence-corrected chi connectivity index (χ1v) is 9.10. The fraction of sp³-hybridized carbons (Fsp3) is 0.500. The molecule has 0 bridgehead atoms. The van der Waals surface area contributed by atoms with E-state index in [2.05, 4.69) is 11.3 Å². The van der Waals surface area contributed by atoms with Crippen LogP contribution in [0.4, 0.5) is 74.6 Å². The number of esters is 1. The van der Waals surface area contributed by atoms with Gasteiger partial charge in [0, 0.05) is 0 Å². The lowest BCUT2D eigenvalue weighted by molar-refractivity contribution is -0.548. The summed E-state index contributed by atoms with van der Waals surface area (Å²) in [4.78, 5) is 11.6. The number of hydrogen-bond donors (Lipinski definition) is 0. The zero-order valence-electron chi connectivity index (χ0n) is 17.9. The lowest BCUT2D eigenvalue weighted by Gasteiger charge is -2.39. The maximum absolute atomic E-state index is 14.4. The number of ether oxygens (including phenoxy) is 3. The van der Waals surface area contributed by atoms with Gasteiger partial charge >= 0.3 is 54.3 Å². The third-order valence-electron chi connectivity index (χ3n) is 4.21. The quantitative estimate of drug-likeness (QED) is 0.207. The van der Waals surface area contributed by atoms with Gasteiger partial charge in [-0.2, -0.15) is 74.6 Å². The van der Waals surface area contributed by atoms with Crippen molar-refractivity contribution in [2.75, 3.05) is 0 Å². The Hall–Kier alpha value is -2.84. The molecule has 0 aliphatic heterocycles. The average molecular weight is 612 g/mol. The van der Waals surface area contributed by atoms with Crippen molar-refractivity contribution in [1.82, 2.24) is 0 Å². The Bertz CT molecular complexity index is 1030. The van der Waals surface area contributed by atoms with Crippen molar-refractivity contribution in [3.05, 3.63) is 42.0 Å². The molecular weight excluding hydrogens is 603 g/mol. The number of rotatable bonds is 10. The van der Waals surface area contributed by atoms with Crippen molar-refractivity contribution in [2.45, 2.75) is 55.0 Å². The molecule has 2 atom stereocenters. The minimum absolute atomic E-state index is 0.336. The Morgan fingerprint density at radius 2 is 1.13 bits per heavy atom. The van der Waals surface area contributed by atoms with Crippen molar-refractivity contribution in [2.24, 2.45) is 0 Å². The van der Waals surface area contributed by atoms with E-state index in [1.165, 1.54) is 10.8 Å². The van der Waals surface area contributed by atoms with Gasteiger partial charge in [0.15, 0.2) is 0 Å². The van der Waals surface area contributed by atoms with E-state index in [0.29, 0.717) is 5.56 Å². The molecule has 21 heteroatoms. The van der Waals surface area contributed by atoms with E-state index in [1.807, 2.05) is 4.74 Å². The minimum atomic E-state index is -8.08. The number of alkyl halides is 17. The SMILES string of the molecule is C=Cc1ccc(COC(=O)C(F)(OC(F)(F)C(F)(OC(F)(F)C(F)(F)C(F)(F)F)C(F)(F)F)C(F)(F)F)cc1.